The molecule has 1 aliphatic heterocycles. The number of fused-ring (bicyclic) bond motifs is 1. The highest BCUT2D eigenvalue weighted by molar-refractivity contribution is 7.91. The molecule has 4 heterocycles. The monoisotopic (exact) mass is 579 g/mol. The van der Waals surface area contributed by atoms with Crippen LogP contribution < -0.4 is 9.64 Å². The van der Waals surface area contributed by atoms with Crippen LogP contribution in [0.4, 0.5) is 5.13 Å². The number of ether oxygens (including phenoxy) is 1. The van der Waals surface area contributed by atoms with E-state index in [0.717, 1.165) is 21.6 Å². The molecule has 13 heteroatoms. The van der Waals surface area contributed by atoms with Gasteiger partial charge in [-0.05, 0) is 50.1 Å². The third kappa shape index (κ3) is 5.53. The molecule has 0 radical (unpaired) electrons. The summed E-state index contributed by atoms with van der Waals surface area (Å²) >= 11 is 8.44. The number of benzene rings is 1. The molecule has 0 saturated carbocycles. The molecule has 37 heavy (non-hydrogen) atoms. The van der Waals surface area contributed by atoms with E-state index < -0.39 is 10.0 Å². The van der Waals surface area contributed by atoms with Crippen molar-refractivity contribution >= 4 is 65.6 Å². The van der Waals surface area contributed by atoms with Gasteiger partial charge < -0.3 is 4.74 Å². The van der Waals surface area contributed by atoms with Crippen LogP contribution in [0.2, 0.25) is 4.34 Å². The van der Waals surface area contributed by atoms with Gasteiger partial charge in [0.2, 0.25) is 5.91 Å². The highest BCUT2D eigenvalue weighted by Gasteiger charge is 2.35. The van der Waals surface area contributed by atoms with E-state index in [-0.39, 0.29) is 29.1 Å². The van der Waals surface area contributed by atoms with Crippen LogP contribution in [0.3, 0.4) is 0 Å². The fraction of sp³-hybridized carbons (Fsp3) is 0.375. The van der Waals surface area contributed by atoms with Crippen LogP contribution in [0.25, 0.3) is 10.2 Å². The lowest BCUT2D eigenvalue weighted by Crippen LogP contribution is -2.45. The zero-order valence-corrected chi connectivity index (χ0v) is 23.3. The number of hydrogen-bond acceptors (Lipinski definition) is 8. The number of anilines is 1. The van der Waals surface area contributed by atoms with E-state index in [2.05, 4.69) is 5.10 Å². The Morgan fingerprint density at radius 1 is 1.19 bits per heavy atom. The highest BCUT2D eigenvalue weighted by Crippen LogP contribution is 2.36. The Bertz CT molecular complexity index is 1480. The number of hydrogen-bond donors (Lipinski definition) is 0. The molecular formula is C24H26ClN5O4S3. The number of nitrogens with zero attached hydrogens (tertiary/aromatic N) is 5. The van der Waals surface area contributed by atoms with E-state index in [1.807, 2.05) is 37.4 Å². The van der Waals surface area contributed by atoms with Crippen LogP contribution in [-0.2, 0) is 21.4 Å². The van der Waals surface area contributed by atoms with Crippen LogP contribution in [0.1, 0.15) is 19.8 Å². The van der Waals surface area contributed by atoms with Crippen molar-refractivity contribution in [3.8, 4) is 5.75 Å². The predicted octanol–water partition coefficient (Wildman–Crippen LogP) is 4.74. The fourth-order valence-electron chi connectivity index (χ4n) is 4.36. The van der Waals surface area contributed by atoms with Crippen molar-refractivity contribution in [3.05, 3.63) is 53.1 Å². The summed E-state index contributed by atoms with van der Waals surface area (Å²) in [6.07, 6.45) is 4.43. The largest absolute Gasteiger partial charge is 0.492 e. The summed E-state index contributed by atoms with van der Waals surface area (Å²) in [7, 11) is -3.62. The van der Waals surface area contributed by atoms with Gasteiger partial charge in [-0.3, -0.25) is 14.4 Å². The molecule has 1 saturated heterocycles. The van der Waals surface area contributed by atoms with Crippen molar-refractivity contribution in [2.24, 2.45) is 5.92 Å². The number of thiazole rings is 1. The first-order chi connectivity index (χ1) is 17.9. The first-order valence-electron chi connectivity index (χ1n) is 11.9. The SMILES string of the molecule is CCOc1cccc2sc(N(CCn3cccn3)C(=O)C3CCN(S(=O)(=O)c4ccc(Cl)s4)CC3)nc12. The number of carbonyl (C=O) groups is 1. The van der Waals surface area contributed by atoms with Gasteiger partial charge in [-0.15, -0.1) is 11.3 Å². The molecule has 1 aliphatic rings. The number of amides is 1. The van der Waals surface area contributed by atoms with Crippen molar-refractivity contribution in [2.45, 2.75) is 30.5 Å². The molecule has 0 spiro atoms. The second-order valence-corrected chi connectivity index (χ2v) is 13.4. The van der Waals surface area contributed by atoms with Crippen molar-refractivity contribution < 1.29 is 17.9 Å². The Kier molecular flexibility index (Phi) is 7.82. The van der Waals surface area contributed by atoms with Gasteiger partial charge in [-0.1, -0.05) is 29.0 Å². The minimum Gasteiger partial charge on any atom is -0.492 e. The maximum Gasteiger partial charge on any atom is 0.252 e. The van der Waals surface area contributed by atoms with E-state index in [4.69, 9.17) is 21.3 Å². The lowest BCUT2D eigenvalue weighted by molar-refractivity contribution is -0.123. The van der Waals surface area contributed by atoms with Gasteiger partial charge in [0.25, 0.3) is 10.0 Å². The molecule has 9 nitrogen and oxygen atoms in total. The van der Waals surface area contributed by atoms with Crippen molar-refractivity contribution in [1.82, 2.24) is 19.1 Å². The quantitative estimate of drug-likeness (QED) is 0.284. The van der Waals surface area contributed by atoms with Gasteiger partial charge in [0.15, 0.2) is 5.13 Å². The number of aromatic nitrogens is 3. The number of para-hydroxylation sites is 1. The second-order valence-electron chi connectivity index (χ2n) is 8.53. The molecule has 196 valence electrons. The lowest BCUT2D eigenvalue weighted by atomic mass is 9.96. The summed E-state index contributed by atoms with van der Waals surface area (Å²) in [5.74, 6) is 0.323. The zero-order chi connectivity index (χ0) is 26.0. The maximum absolute atomic E-state index is 13.8. The highest BCUT2D eigenvalue weighted by atomic mass is 35.5. The van der Waals surface area contributed by atoms with Crippen molar-refractivity contribution in [1.29, 1.82) is 0 Å². The summed E-state index contributed by atoms with van der Waals surface area (Å²) < 4.78 is 36.6. The molecule has 0 N–H and O–H groups in total. The number of thiophene rings is 1. The summed E-state index contributed by atoms with van der Waals surface area (Å²) in [4.78, 5) is 20.3. The molecule has 5 rings (SSSR count). The average molecular weight is 580 g/mol. The molecule has 1 aromatic carbocycles. The van der Waals surface area contributed by atoms with Crippen LogP contribution in [0.5, 0.6) is 5.75 Å². The van der Waals surface area contributed by atoms with E-state index >= 15 is 0 Å². The standard InChI is InChI=1S/C24H26ClN5O4S3/c1-2-34-18-5-3-6-19-22(18)27-24(35-19)30(16-15-28-12-4-11-26-28)23(31)17-9-13-29(14-10-17)37(32,33)21-8-7-20(25)36-21/h3-8,11-12,17H,2,9-10,13-16H2,1H3. The maximum atomic E-state index is 13.8. The molecule has 1 amide bonds. The normalized spacial score (nSPS) is 15.3. The summed E-state index contributed by atoms with van der Waals surface area (Å²) in [5.41, 5.74) is 0.733. The molecule has 4 aromatic rings. The van der Waals surface area contributed by atoms with E-state index in [0.29, 0.717) is 47.8 Å². The molecule has 0 bridgehead atoms. The Balaban J connectivity index is 1.36. The van der Waals surface area contributed by atoms with E-state index in [1.165, 1.54) is 21.7 Å². The first kappa shape index (κ1) is 26.1. The summed E-state index contributed by atoms with van der Waals surface area (Å²) in [6.45, 7) is 3.90. The molecular weight excluding hydrogens is 554 g/mol. The van der Waals surface area contributed by atoms with Gasteiger partial charge in [-0.2, -0.15) is 9.40 Å². The zero-order valence-electron chi connectivity index (χ0n) is 20.1. The number of piperidine rings is 1. The van der Waals surface area contributed by atoms with Gasteiger partial charge in [0, 0.05) is 37.9 Å². The number of halogens is 1. The lowest BCUT2D eigenvalue weighted by Gasteiger charge is -2.32. The van der Waals surface area contributed by atoms with Crippen LogP contribution in [-0.4, -0.2) is 59.6 Å². The van der Waals surface area contributed by atoms with Gasteiger partial charge in [0.05, 0.1) is 22.2 Å². The van der Waals surface area contributed by atoms with Crippen LogP contribution in [0, 0.1) is 5.92 Å². The van der Waals surface area contributed by atoms with Crippen molar-refractivity contribution in [3.63, 3.8) is 0 Å². The van der Waals surface area contributed by atoms with Gasteiger partial charge in [0.1, 0.15) is 15.5 Å². The topological polar surface area (TPSA) is 97.6 Å². The Morgan fingerprint density at radius 2 is 2.00 bits per heavy atom. The fourth-order valence-corrected chi connectivity index (χ4v) is 8.48. The van der Waals surface area contributed by atoms with Crippen LogP contribution >= 0.6 is 34.3 Å². The first-order valence-corrected chi connectivity index (χ1v) is 15.4. The number of rotatable bonds is 9. The molecule has 0 unspecified atom stereocenters. The minimum atomic E-state index is -3.62. The molecule has 3 aromatic heterocycles. The smallest absolute Gasteiger partial charge is 0.252 e. The average Bonchev–Trinajstić information content (AvgIpc) is 3.66. The van der Waals surface area contributed by atoms with Gasteiger partial charge >= 0.3 is 0 Å². The van der Waals surface area contributed by atoms with E-state index in [9.17, 15) is 13.2 Å². The Labute approximate surface area is 228 Å². The number of carbonyl (C=O) groups excluding carboxylic acids is 1. The Morgan fingerprint density at radius 3 is 2.68 bits per heavy atom. The minimum absolute atomic E-state index is 0.0552. The third-order valence-electron chi connectivity index (χ3n) is 6.23. The third-order valence-corrected chi connectivity index (χ3v) is 10.9. The second kappa shape index (κ2) is 11.1. The predicted molar refractivity (Wildman–Crippen MR) is 146 cm³/mol. The molecule has 1 fully saturated rings. The summed E-state index contributed by atoms with van der Waals surface area (Å²) in [5, 5.41) is 4.86. The Hall–Kier alpha value is -2.51. The summed E-state index contributed by atoms with van der Waals surface area (Å²) in [6, 6.07) is 10.7. The molecule has 0 aliphatic carbocycles. The molecule has 0 atom stereocenters. The number of sulfonamides is 1. The van der Waals surface area contributed by atoms with Crippen molar-refractivity contribution in [2.75, 3.05) is 31.1 Å². The van der Waals surface area contributed by atoms with Crippen LogP contribution in [0.15, 0.2) is 53.0 Å². The van der Waals surface area contributed by atoms with E-state index in [1.54, 1.807) is 21.8 Å². The van der Waals surface area contributed by atoms with Gasteiger partial charge in [-0.25, -0.2) is 13.4 Å².